The van der Waals surface area contributed by atoms with E-state index in [4.69, 9.17) is 0 Å². The van der Waals surface area contributed by atoms with Gasteiger partial charge in [-0.1, -0.05) is 29.8 Å². The number of carbonyl (C=O) groups excluding carboxylic acids is 1. The second-order valence-electron chi connectivity index (χ2n) is 7.23. The maximum Gasteiger partial charge on any atom is 0.315 e. The number of aryl methyl sites for hydroxylation is 2. The Balaban J connectivity index is 1.59. The first-order chi connectivity index (χ1) is 11.8. The zero-order valence-electron chi connectivity index (χ0n) is 15.0. The second-order valence-corrected chi connectivity index (χ2v) is 7.23. The van der Waals surface area contributed by atoms with Gasteiger partial charge in [-0.05, 0) is 38.2 Å². The fourth-order valence-corrected chi connectivity index (χ4v) is 2.92. The number of nitrogens with one attached hydrogen (secondary N) is 2. The molecule has 1 saturated carbocycles. The van der Waals surface area contributed by atoms with Crippen molar-refractivity contribution in [2.75, 3.05) is 6.54 Å². The summed E-state index contributed by atoms with van der Waals surface area (Å²) in [4.78, 5) is 12.4. The van der Waals surface area contributed by atoms with Gasteiger partial charge in [0.1, 0.15) is 5.60 Å². The molecule has 1 aromatic heterocycles. The number of hydrogen-bond donors (Lipinski definition) is 3. The summed E-state index contributed by atoms with van der Waals surface area (Å²) in [5.74, 6) is 0.493. The van der Waals surface area contributed by atoms with E-state index >= 15 is 0 Å². The summed E-state index contributed by atoms with van der Waals surface area (Å²) in [7, 11) is 1.79. The molecule has 3 N–H and O–H groups in total. The third-order valence-electron chi connectivity index (χ3n) is 4.74. The molecule has 25 heavy (non-hydrogen) atoms. The number of nitrogens with zero attached hydrogens (tertiary/aromatic N) is 2. The van der Waals surface area contributed by atoms with Gasteiger partial charge < -0.3 is 15.7 Å². The van der Waals surface area contributed by atoms with Crippen LogP contribution in [0.2, 0.25) is 0 Å². The van der Waals surface area contributed by atoms with Gasteiger partial charge in [0, 0.05) is 18.8 Å². The van der Waals surface area contributed by atoms with Crippen molar-refractivity contribution in [1.29, 1.82) is 0 Å². The third kappa shape index (κ3) is 4.39. The quantitative estimate of drug-likeness (QED) is 0.754. The van der Waals surface area contributed by atoms with E-state index in [2.05, 4.69) is 46.9 Å². The van der Waals surface area contributed by atoms with Crippen LogP contribution in [0.1, 0.15) is 42.5 Å². The lowest BCUT2D eigenvalue weighted by atomic mass is 9.99. The molecule has 134 valence electrons. The van der Waals surface area contributed by atoms with E-state index in [0.29, 0.717) is 11.5 Å². The second kappa shape index (κ2) is 6.88. The van der Waals surface area contributed by atoms with Crippen LogP contribution in [-0.4, -0.2) is 27.5 Å². The molecule has 0 radical (unpaired) electrons. The van der Waals surface area contributed by atoms with Crippen LogP contribution >= 0.6 is 0 Å². The largest absolute Gasteiger partial charge is 0.383 e. The van der Waals surface area contributed by atoms with Crippen LogP contribution in [0.3, 0.4) is 0 Å². The van der Waals surface area contributed by atoms with Crippen molar-refractivity contribution in [3.05, 3.63) is 53.3 Å². The number of rotatable bonds is 6. The lowest BCUT2D eigenvalue weighted by Gasteiger charge is -2.24. The molecule has 1 aliphatic carbocycles. The minimum absolute atomic E-state index is 0.0175. The Morgan fingerprint density at radius 3 is 2.64 bits per heavy atom. The standard InChI is InChI=1S/C19H26N4O2/c1-13-4-6-14(7-5-13)17(15-8-9-15)22-18(24)20-12-19(2,25)16-10-21-23(3)11-16/h4-7,10-11,15,17,25H,8-9,12H2,1-3H3,(H2,20,22,24). The third-order valence-corrected chi connectivity index (χ3v) is 4.74. The van der Waals surface area contributed by atoms with Gasteiger partial charge in [0.15, 0.2) is 0 Å². The van der Waals surface area contributed by atoms with E-state index in [0.717, 1.165) is 18.4 Å². The normalized spacial score (nSPS) is 17.6. The molecule has 2 amide bonds. The average molecular weight is 342 g/mol. The lowest BCUT2D eigenvalue weighted by molar-refractivity contribution is 0.0591. The van der Waals surface area contributed by atoms with Crippen molar-refractivity contribution in [2.24, 2.45) is 13.0 Å². The first kappa shape index (κ1) is 17.5. The van der Waals surface area contributed by atoms with Crippen molar-refractivity contribution in [1.82, 2.24) is 20.4 Å². The molecule has 2 unspecified atom stereocenters. The number of aliphatic hydroxyl groups is 1. The van der Waals surface area contributed by atoms with E-state index in [1.807, 2.05) is 0 Å². The Labute approximate surface area is 148 Å². The molecule has 1 heterocycles. The molecule has 0 aliphatic heterocycles. The summed E-state index contributed by atoms with van der Waals surface area (Å²) in [6, 6.07) is 8.04. The smallest absolute Gasteiger partial charge is 0.315 e. The SMILES string of the molecule is Cc1ccc(C(NC(=O)NCC(C)(O)c2cnn(C)c2)C2CC2)cc1. The van der Waals surface area contributed by atoms with Crippen LogP contribution in [0.4, 0.5) is 4.79 Å². The number of carbonyl (C=O) groups is 1. The lowest BCUT2D eigenvalue weighted by Crippen LogP contribution is -2.44. The van der Waals surface area contributed by atoms with Gasteiger partial charge in [0.05, 0.1) is 18.8 Å². The Morgan fingerprint density at radius 2 is 2.08 bits per heavy atom. The molecular formula is C19H26N4O2. The van der Waals surface area contributed by atoms with Crippen LogP contribution in [0, 0.1) is 12.8 Å². The van der Waals surface area contributed by atoms with E-state index in [1.165, 1.54) is 5.56 Å². The summed E-state index contributed by atoms with van der Waals surface area (Å²) in [5.41, 5.74) is 1.84. The molecule has 1 fully saturated rings. The zero-order valence-corrected chi connectivity index (χ0v) is 15.0. The Hall–Kier alpha value is -2.34. The minimum atomic E-state index is -1.16. The van der Waals surface area contributed by atoms with Crippen molar-refractivity contribution >= 4 is 6.03 Å². The van der Waals surface area contributed by atoms with Crippen LogP contribution in [0.5, 0.6) is 0 Å². The first-order valence-electron chi connectivity index (χ1n) is 8.67. The number of amides is 2. The van der Waals surface area contributed by atoms with Crippen molar-refractivity contribution in [3.63, 3.8) is 0 Å². The molecule has 6 heteroatoms. The van der Waals surface area contributed by atoms with Gasteiger partial charge in [-0.3, -0.25) is 4.68 Å². The van der Waals surface area contributed by atoms with Crippen LogP contribution < -0.4 is 10.6 Å². The first-order valence-corrected chi connectivity index (χ1v) is 8.67. The number of urea groups is 1. The topological polar surface area (TPSA) is 79.2 Å². The van der Waals surface area contributed by atoms with Gasteiger partial charge in [-0.15, -0.1) is 0 Å². The Bertz CT molecular complexity index is 732. The van der Waals surface area contributed by atoms with Crippen LogP contribution in [0.15, 0.2) is 36.7 Å². The molecule has 0 spiro atoms. The maximum atomic E-state index is 12.4. The van der Waals surface area contributed by atoms with Crippen molar-refractivity contribution < 1.29 is 9.90 Å². The summed E-state index contributed by atoms with van der Waals surface area (Å²) in [6.45, 7) is 3.84. The molecule has 0 saturated heterocycles. The number of aromatic nitrogens is 2. The Kier molecular flexibility index (Phi) is 4.81. The summed E-state index contributed by atoms with van der Waals surface area (Å²) in [6.07, 6.45) is 5.62. The van der Waals surface area contributed by atoms with Crippen LogP contribution in [0.25, 0.3) is 0 Å². The van der Waals surface area contributed by atoms with E-state index in [1.54, 1.807) is 31.0 Å². The van der Waals surface area contributed by atoms with Crippen LogP contribution in [-0.2, 0) is 12.6 Å². The van der Waals surface area contributed by atoms with Gasteiger partial charge >= 0.3 is 6.03 Å². The number of hydrogen-bond acceptors (Lipinski definition) is 3. The fourth-order valence-electron chi connectivity index (χ4n) is 2.92. The summed E-state index contributed by atoms with van der Waals surface area (Å²) >= 11 is 0. The van der Waals surface area contributed by atoms with Crippen molar-refractivity contribution in [3.8, 4) is 0 Å². The highest BCUT2D eigenvalue weighted by Gasteiger charge is 2.34. The molecule has 6 nitrogen and oxygen atoms in total. The summed E-state index contributed by atoms with van der Waals surface area (Å²) in [5, 5.41) is 20.5. The van der Waals surface area contributed by atoms with E-state index in [9.17, 15) is 9.90 Å². The highest BCUT2D eigenvalue weighted by atomic mass is 16.3. The maximum absolute atomic E-state index is 12.4. The molecule has 1 aromatic carbocycles. The summed E-state index contributed by atoms with van der Waals surface area (Å²) < 4.78 is 1.63. The van der Waals surface area contributed by atoms with Gasteiger partial charge in [-0.25, -0.2) is 4.79 Å². The highest BCUT2D eigenvalue weighted by molar-refractivity contribution is 5.74. The molecule has 3 rings (SSSR count). The molecule has 0 bridgehead atoms. The molecule has 2 aromatic rings. The number of benzene rings is 1. The van der Waals surface area contributed by atoms with Gasteiger partial charge in [0.2, 0.25) is 0 Å². The predicted molar refractivity (Wildman–Crippen MR) is 96.0 cm³/mol. The highest BCUT2D eigenvalue weighted by Crippen LogP contribution is 2.41. The van der Waals surface area contributed by atoms with E-state index in [-0.39, 0.29) is 18.6 Å². The van der Waals surface area contributed by atoms with E-state index < -0.39 is 5.60 Å². The Morgan fingerprint density at radius 1 is 1.40 bits per heavy atom. The zero-order chi connectivity index (χ0) is 18.0. The van der Waals surface area contributed by atoms with Gasteiger partial charge in [-0.2, -0.15) is 5.10 Å². The predicted octanol–water partition coefficient (Wildman–Crippen LogP) is 2.39. The molecular weight excluding hydrogens is 316 g/mol. The molecule has 2 atom stereocenters. The molecule has 1 aliphatic rings. The monoisotopic (exact) mass is 342 g/mol. The fraction of sp³-hybridized carbons (Fsp3) is 0.474. The average Bonchev–Trinajstić information content (AvgIpc) is 3.32. The van der Waals surface area contributed by atoms with Crippen molar-refractivity contribution in [2.45, 2.75) is 38.3 Å². The minimum Gasteiger partial charge on any atom is -0.383 e. The van der Waals surface area contributed by atoms with Gasteiger partial charge in [0.25, 0.3) is 0 Å².